The summed E-state index contributed by atoms with van der Waals surface area (Å²) in [6.45, 7) is 4.85. The topological polar surface area (TPSA) is 47.0 Å². The number of benzene rings is 1. The highest BCUT2D eigenvalue weighted by Gasteiger charge is 2.11. The molecule has 0 fully saturated rings. The molecule has 21 heavy (non-hydrogen) atoms. The molecule has 1 heterocycles. The molecule has 0 aliphatic heterocycles. The van der Waals surface area contributed by atoms with Gasteiger partial charge in [0.2, 0.25) is 0 Å². The van der Waals surface area contributed by atoms with E-state index in [-0.39, 0.29) is 0 Å². The van der Waals surface area contributed by atoms with Gasteiger partial charge in [-0.2, -0.15) is 0 Å². The van der Waals surface area contributed by atoms with Crippen LogP contribution in [0.15, 0.2) is 28.6 Å². The minimum absolute atomic E-state index is 0.291. The molecule has 0 saturated heterocycles. The van der Waals surface area contributed by atoms with Crippen LogP contribution in [0.3, 0.4) is 0 Å². The van der Waals surface area contributed by atoms with Crippen LogP contribution in [-0.2, 0) is 0 Å². The summed E-state index contributed by atoms with van der Waals surface area (Å²) in [5.74, 6) is 1.86. The number of rotatable bonds is 8. The first kappa shape index (κ1) is 16.3. The number of hydrogen-bond donors (Lipinski definition) is 1. The summed E-state index contributed by atoms with van der Waals surface area (Å²) in [4.78, 5) is 0. The average molecular weight is 323 g/mol. The van der Waals surface area contributed by atoms with Crippen molar-refractivity contribution >= 4 is 23.1 Å². The molecule has 2 rings (SSSR count). The van der Waals surface area contributed by atoms with E-state index >= 15 is 0 Å². The van der Waals surface area contributed by atoms with Crippen molar-refractivity contribution in [2.45, 2.75) is 30.6 Å². The number of ether oxygens (including phenoxy) is 1. The Bertz CT molecular complexity index is 542. The molecule has 1 atom stereocenters. The molecule has 0 aliphatic rings. The van der Waals surface area contributed by atoms with Crippen molar-refractivity contribution < 1.29 is 4.74 Å². The molecule has 0 radical (unpaired) electrons. The number of thioether (sulfide) groups is 1. The number of aryl methyl sites for hydroxylation is 1. The van der Waals surface area contributed by atoms with Crippen LogP contribution in [0.2, 0.25) is 0 Å². The average Bonchev–Trinajstić information content (AvgIpc) is 2.92. The third-order valence-electron chi connectivity index (χ3n) is 2.98. The van der Waals surface area contributed by atoms with Gasteiger partial charge in [0.15, 0.2) is 4.34 Å². The highest BCUT2D eigenvalue weighted by atomic mass is 32.2. The summed E-state index contributed by atoms with van der Waals surface area (Å²) in [7, 11) is 1.98. The molecule has 0 amide bonds. The van der Waals surface area contributed by atoms with Crippen molar-refractivity contribution in [1.29, 1.82) is 0 Å². The number of aromatic nitrogens is 2. The van der Waals surface area contributed by atoms with E-state index in [4.69, 9.17) is 4.74 Å². The lowest BCUT2D eigenvalue weighted by atomic mass is 10.1. The lowest BCUT2D eigenvalue weighted by Gasteiger charge is -2.16. The second-order valence-electron chi connectivity index (χ2n) is 4.66. The molecule has 0 saturated carbocycles. The van der Waals surface area contributed by atoms with Crippen molar-refractivity contribution in [1.82, 2.24) is 15.5 Å². The van der Waals surface area contributed by atoms with Crippen LogP contribution in [0.4, 0.5) is 0 Å². The summed E-state index contributed by atoms with van der Waals surface area (Å²) in [6, 6.07) is 8.61. The van der Waals surface area contributed by atoms with Crippen LogP contribution in [0.5, 0.6) is 5.75 Å². The zero-order valence-corrected chi connectivity index (χ0v) is 14.3. The van der Waals surface area contributed by atoms with Gasteiger partial charge in [0.05, 0.1) is 6.61 Å². The first-order valence-corrected chi connectivity index (χ1v) is 8.86. The van der Waals surface area contributed by atoms with E-state index in [1.165, 1.54) is 5.56 Å². The molecule has 0 bridgehead atoms. The van der Waals surface area contributed by atoms with Crippen molar-refractivity contribution in [3.8, 4) is 5.75 Å². The highest BCUT2D eigenvalue weighted by molar-refractivity contribution is 8.01. The van der Waals surface area contributed by atoms with E-state index in [2.05, 4.69) is 34.6 Å². The lowest BCUT2D eigenvalue weighted by Crippen LogP contribution is -2.18. The molecule has 4 nitrogen and oxygen atoms in total. The lowest BCUT2D eigenvalue weighted by molar-refractivity contribution is 0.317. The fourth-order valence-electron chi connectivity index (χ4n) is 1.85. The zero-order valence-electron chi connectivity index (χ0n) is 12.6. The van der Waals surface area contributed by atoms with Crippen molar-refractivity contribution in [2.75, 3.05) is 19.4 Å². The fourth-order valence-corrected chi connectivity index (χ4v) is 3.84. The normalized spacial score (nSPS) is 12.3. The molecule has 0 aliphatic carbocycles. The first-order chi connectivity index (χ1) is 10.2. The maximum Gasteiger partial charge on any atom is 0.174 e. The van der Waals surface area contributed by atoms with E-state index in [1.54, 1.807) is 23.1 Å². The van der Waals surface area contributed by atoms with Gasteiger partial charge in [0, 0.05) is 11.8 Å². The highest BCUT2D eigenvalue weighted by Crippen LogP contribution is 2.27. The van der Waals surface area contributed by atoms with Gasteiger partial charge in [-0.1, -0.05) is 42.2 Å². The molecule has 1 aromatic heterocycles. The second kappa shape index (κ2) is 8.36. The summed E-state index contributed by atoms with van der Waals surface area (Å²) in [5, 5.41) is 12.6. The molecule has 2 aromatic rings. The van der Waals surface area contributed by atoms with Crippen molar-refractivity contribution in [2.24, 2.45) is 0 Å². The van der Waals surface area contributed by atoms with Crippen LogP contribution in [0, 0.1) is 6.92 Å². The minimum Gasteiger partial charge on any atom is -0.494 e. The number of nitrogens with zero attached hydrogens (tertiary/aromatic N) is 2. The van der Waals surface area contributed by atoms with Crippen LogP contribution in [-0.4, -0.2) is 29.6 Å². The Morgan fingerprint density at radius 2 is 2.05 bits per heavy atom. The molecule has 114 valence electrons. The third-order valence-corrected chi connectivity index (χ3v) is 5.05. The van der Waals surface area contributed by atoms with E-state index in [0.717, 1.165) is 33.9 Å². The molecule has 1 N–H and O–H groups in total. The SMILES string of the molecule is CCCOc1ccc(C(CSc2nnc(C)s2)NC)cc1. The van der Waals surface area contributed by atoms with Gasteiger partial charge >= 0.3 is 0 Å². The maximum atomic E-state index is 5.61. The molecular formula is C15H21N3OS2. The van der Waals surface area contributed by atoms with Gasteiger partial charge < -0.3 is 10.1 Å². The second-order valence-corrected chi connectivity index (χ2v) is 7.11. The summed E-state index contributed by atoms with van der Waals surface area (Å²) in [5.41, 5.74) is 1.26. The Labute approximate surface area is 134 Å². The standard InChI is InChI=1S/C15H21N3OS2/c1-4-9-19-13-7-5-12(6-8-13)14(16-3)10-20-15-18-17-11(2)21-15/h5-8,14,16H,4,9-10H2,1-3H3. The van der Waals surface area contributed by atoms with Gasteiger partial charge in [0.1, 0.15) is 10.8 Å². The Hall–Kier alpha value is -1.11. The Morgan fingerprint density at radius 3 is 2.62 bits per heavy atom. The van der Waals surface area contributed by atoms with Crippen LogP contribution in [0.1, 0.15) is 30.0 Å². The zero-order chi connectivity index (χ0) is 15.1. The largest absolute Gasteiger partial charge is 0.494 e. The summed E-state index contributed by atoms with van der Waals surface area (Å²) in [6.07, 6.45) is 1.03. The van der Waals surface area contributed by atoms with Gasteiger partial charge in [-0.15, -0.1) is 10.2 Å². The maximum absolute atomic E-state index is 5.61. The number of nitrogens with one attached hydrogen (secondary N) is 1. The Morgan fingerprint density at radius 1 is 1.29 bits per heavy atom. The van der Waals surface area contributed by atoms with Gasteiger partial charge in [-0.25, -0.2) is 0 Å². The van der Waals surface area contributed by atoms with E-state index < -0.39 is 0 Å². The van der Waals surface area contributed by atoms with Crippen molar-refractivity contribution in [3.63, 3.8) is 0 Å². The molecule has 1 unspecified atom stereocenters. The van der Waals surface area contributed by atoms with Gasteiger partial charge in [-0.3, -0.25) is 0 Å². The van der Waals surface area contributed by atoms with Crippen molar-refractivity contribution in [3.05, 3.63) is 34.8 Å². The summed E-state index contributed by atoms with van der Waals surface area (Å²) >= 11 is 3.38. The van der Waals surface area contributed by atoms with Crippen LogP contribution in [0.25, 0.3) is 0 Å². The monoisotopic (exact) mass is 323 g/mol. The Kier molecular flexibility index (Phi) is 6.48. The quantitative estimate of drug-likeness (QED) is 0.751. The van der Waals surface area contributed by atoms with Crippen LogP contribution < -0.4 is 10.1 Å². The predicted molar refractivity (Wildman–Crippen MR) is 89.4 cm³/mol. The van der Waals surface area contributed by atoms with E-state index in [0.29, 0.717) is 6.04 Å². The minimum atomic E-state index is 0.291. The molecule has 1 aromatic carbocycles. The third kappa shape index (κ3) is 4.98. The van der Waals surface area contributed by atoms with E-state index in [9.17, 15) is 0 Å². The van der Waals surface area contributed by atoms with Gasteiger partial charge in [0.25, 0.3) is 0 Å². The fraction of sp³-hybridized carbons (Fsp3) is 0.467. The number of hydrogen-bond acceptors (Lipinski definition) is 6. The molecule has 6 heteroatoms. The smallest absolute Gasteiger partial charge is 0.174 e. The first-order valence-electron chi connectivity index (χ1n) is 7.06. The summed E-state index contributed by atoms with van der Waals surface area (Å²) < 4.78 is 6.64. The predicted octanol–water partition coefficient (Wildman–Crippen LogP) is 3.69. The van der Waals surface area contributed by atoms with Gasteiger partial charge in [-0.05, 0) is 38.1 Å². The van der Waals surface area contributed by atoms with Crippen LogP contribution >= 0.6 is 23.1 Å². The molecule has 0 spiro atoms. The Balaban J connectivity index is 1.93. The molecular weight excluding hydrogens is 302 g/mol. The van der Waals surface area contributed by atoms with E-state index in [1.807, 2.05) is 26.1 Å².